The highest BCUT2D eigenvalue weighted by atomic mass is 16.5. The first-order valence-corrected chi connectivity index (χ1v) is 6.87. The van der Waals surface area contributed by atoms with E-state index in [1.165, 1.54) is 0 Å². The molecule has 0 heterocycles. The number of nitrogen functional groups attached to an aromatic ring is 1. The van der Waals surface area contributed by atoms with Crippen molar-refractivity contribution in [2.75, 3.05) is 20.7 Å². The normalized spacial score (nSPS) is 21.6. The van der Waals surface area contributed by atoms with Crippen LogP contribution in [0.3, 0.4) is 0 Å². The molecule has 2 rings (SSSR count). The highest BCUT2D eigenvalue weighted by Gasteiger charge is 2.27. The summed E-state index contributed by atoms with van der Waals surface area (Å²) >= 11 is 0. The van der Waals surface area contributed by atoms with Crippen molar-refractivity contribution in [3.05, 3.63) is 29.3 Å². The van der Waals surface area contributed by atoms with Gasteiger partial charge in [-0.2, -0.15) is 0 Å². The van der Waals surface area contributed by atoms with Crippen molar-refractivity contribution in [2.24, 2.45) is 11.7 Å². The SMILES string of the molecule is COc1ccc(CN(C)CC2CC(O)C2)cc1C(=N)N. The third-order valence-electron chi connectivity index (χ3n) is 3.79. The number of aliphatic hydroxyl groups is 1. The monoisotopic (exact) mass is 277 g/mol. The molecule has 1 aliphatic carbocycles. The van der Waals surface area contributed by atoms with Crippen molar-refractivity contribution in [3.8, 4) is 5.75 Å². The topological polar surface area (TPSA) is 82.6 Å². The van der Waals surface area contributed by atoms with Crippen molar-refractivity contribution in [2.45, 2.75) is 25.5 Å². The molecule has 0 atom stereocenters. The van der Waals surface area contributed by atoms with Crippen molar-refractivity contribution < 1.29 is 9.84 Å². The summed E-state index contributed by atoms with van der Waals surface area (Å²) in [6, 6.07) is 5.76. The van der Waals surface area contributed by atoms with E-state index in [4.69, 9.17) is 15.9 Å². The van der Waals surface area contributed by atoms with Crippen LogP contribution in [0.1, 0.15) is 24.0 Å². The number of aliphatic hydroxyl groups excluding tert-OH is 1. The molecule has 1 aromatic carbocycles. The van der Waals surface area contributed by atoms with Crippen molar-refractivity contribution in [3.63, 3.8) is 0 Å². The smallest absolute Gasteiger partial charge is 0.129 e. The van der Waals surface area contributed by atoms with Gasteiger partial charge >= 0.3 is 0 Å². The molecule has 110 valence electrons. The Kier molecular flexibility index (Phi) is 4.62. The van der Waals surface area contributed by atoms with E-state index in [0.717, 1.165) is 31.5 Å². The van der Waals surface area contributed by atoms with Crippen LogP contribution in [-0.4, -0.2) is 42.6 Å². The minimum atomic E-state index is -0.0984. The molecule has 0 unspecified atom stereocenters. The molecule has 4 N–H and O–H groups in total. The predicted octanol–water partition coefficient (Wildman–Crippen LogP) is 1.18. The zero-order valence-electron chi connectivity index (χ0n) is 12.1. The highest BCUT2D eigenvalue weighted by Crippen LogP contribution is 2.28. The molecule has 1 aliphatic rings. The van der Waals surface area contributed by atoms with Gasteiger partial charge in [0, 0.05) is 13.1 Å². The lowest BCUT2D eigenvalue weighted by molar-refractivity contribution is 0.0274. The van der Waals surface area contributed by atoms with E-state index in [2.05, 4.69) is 11.9 Å². The summed E-state index contributed by atoms with van der Waals surface area (Å²) in [4.78, 5) is 2.24. The van der Waals surface area contributed by atoms with Gasteiger partial charge in [0.25, 0.3) is 0 Å². The van der Waals surface area contributed by atoms with E-state index in [1.54, 1.807) is 7.11 Å². The van der Waals surface area contributed by atoms with E-state index in [0.29, 0.717) is 17.2 Å². The van der Waals surface area contributed by atoms with Gasteiger partial charge in [-0.3, -0.25) is 5.41 Å². The number of nitrogens with one attached hydrogen (secondary N) is 1. The van der Waals surface area contributed by atoms with Crippen LogP contribution in [0.4, 0.5) is 0 Å². The molecular formula is C15H23N3O2. The lowest BCUT2D eigenvalue weighted by Gasteiger charge is -2.34. The van der Waals surface area contributed by atoms with Crippen LogP contribution in [0, 0.1) is 11.3 Å². The summed E-state index contributed by atoms with van der Waals surface area (Å²) in [5.74, 6) is 1.25. The predicted molar refractivity (Wildman–Crippen MR) is 79.1 cm³/mol. The minimum absolute atomic E-state index is 0.0217. The van der Waals surface area contributed by atoms with Gasteiger partial charge in [0.2, 0.25) is 0 Å². The number of ether oxygens (including phenoxy) is 1. The van der Waals surface area contributed by atoms with E-state index in [1.807, 2.05) is 18.2 Å². The molecule has 1 aromatic rings. The average Bonchev–Trinajstić information content (AvgIpc) is 2.36. The molecule has 5 heteroatoms. The first-order chi connectivity index (χ1) is 9.49. The van der Waals surface area contributed by atoms with Gasteiger partial charge in [0.15, 0.2) is 0 Å². The number of benzene rings is 1. The zero-order valence-corrected chi connectivity index (χ0v) is 12.1. The zero-order chi connectivity index (χ0) is 14.7. The number of amidine groups is 1. The average molecular weight is 277 g/mol. The van der Waals surface area contributed by atoms with Gasteiger partial charge < -0.3 is 20.5 Å². The maximum absolute atomic E-state index is 9.31. The van der Waals surface area contributed by atoms with Gasteiger partial charge in [-0.05, 0) is 43.5 Å². The largest absolute Gasteiger partial charge is 0.496 e. The standard InChI is InChI=1S/C15H23N3O2/c1-18(9-11-5-12(19)6-11)8-10-3-4-14(20-2)13(7-10)15(16)17/h3-4,7,11-12,19H,5-6,8-9H2,1-2H3,(H3,16,17). The number of hydrogen-bond donors (Lipinski definition) is 3. The molecule has 0 bridgehead atoms. The second-order valence-corrected chi connectivity index (χ2v) is 5.64. The second-order valence-electron chi connectivity index (χ2n) is 5.64. The fourth-order valence-corrected chi connectivity index (χ4v) is 2.73. The van der Waals surface area contributed by atoms with Gasteiger partial charge in [0.1, 0.15) is 11.6 Å². The van der Waals surface area contributed by atoms with E-state index in [-0.39, 0.29) is 11.9 Å². The fraction of sp³-hybridized carbons (Fsp3) is 0.533. The first-order valence-electron chi connectivity index (χ1n) is 6.87. The molecule has 1 saturated carbocycles. The third-order valence-corrected chi connectivity index (χ3v) is 3.79. The number of rotatable bonds is 6. The van der Waals surface area contributed by atoms with Gasteiger partial charge in [-0.1, -0.05) is 6.07 Å². The van der Waals surface area contributed by atoms with Crippen molar-refractivity contribution >= 4 is 5.84 Å². The number of methoxy groups -OCH3 is 1. The fourth-order valence-electron chi connectivity index (χ4n) is 2.73. The number of nitrogens with zero attached hydrogens (tertiary/aromatic N) is 1. The Morgan fingerprint density at radius 3 is 2.75 bits per heavy atom. The number of hydrogen-bond acceptors (Lipinski definition) is 4. The lowest BCUT2D eigenvalue weighted by atomic mass is 9.82. The first kappa shape index (κ1) is 14.8. The van der Waals surface area contributed by atoms with Crippen LogP contribution in [0.15, 0.2) is 18.2 Å². The Bertz CT molecular complexity index is 484. The van der Waals surface area contributed by atoms with Crippen LogP contribution < -0.4 is 10.5 Å². The third kappa shape index (κ3) is 3.49. The Balaban J connectivity index is 1.98. The molecule has 0 amide bonds. The van der Waals surface area contributed by atoms with Crippen LogP contribution in [0.5, 0.6) is 5.75 Å². The van der Waals surface area contributed by atoms with E-state index < -0.39 is 0 Å². The maximum atomic E-state index is 9.31. The Morgan fingerprint density at radius 2 is 2.20 bits per heavy atom. The molecular weight excluding hydrogens is 254 g/mol. The van der Waals surface area contributed by atoms with Gasteiger partial charge in [-0.25, -0.2) is 0 Å². The number of nitrogens with two attached hydrogens (primary N) is 1. The summed E-state index contributed by atoms with van der Waals surface area (Å²) in [5, 5.41) is 16.9. The van der Waals surface area contributed by atoms with Crippen LogP contribution >= 0.6 is 0 Å². The second kappa shape index (κ2) is 6.24. The molecule has 20 heavy (non-hydrogen) atoms. The van der Waals surface area contributed by atoms with Gasteiger partial charge in [0.05, 0.1) is 18.8 Å². The van der Waals surface area contributed by atoms with E-state index in [9.17, 15) is 5.11 Å². The molecule has 1 fully saturated rings. The van der Waals surface area contributed by atoms with Crippen LogP contribution in [0.25, 0.3) is 0 Å². The maximum Gasteiger partial charge on any atom is 0.129 e. The highest BCUT2D eigenvalue weighted by molar-refractivity contribution is 5.97. The summed E-state index contributed by atoms with van der Waals surface area (Å²) in [6.07, 6.45) is 1.72. The summed E-state index contributed by atoms with van der Waals surface area (Å²) in [7, 11) is 3.65. The Labute approximate surface area is 119 Å². The molecule has 0 spiro atoms. The molecule has 0 saturated heterocycles. The molecule has 0 aromatic heterocycles. The Hall–Kier alpha value is -1.59. The Morgan fingerprint density at radius 1 is 1.50 bits per heavy atom. The van der Waals surface area contributed by atoms with E-state index >= 15 is 0 Å². The molecule has 0 radical (unpaired) electrons. The summed E-state index contributed by atoms with van der Waals surface area (Å²) in [6.45, 7) is 1.79. The minimum Gasteiger partial charge on any atom is -0.496 e. The summed E-state index contributed by atoms with van der Waals surface area (Å²) < 4.78 is 5.21. The van der Waals surface area contributed by atoms with Crippen molar-refractivity contribution in [1.82, 2.24) is 4.90 Å². The van der Waals surface area contributed by atoms with Crippen molar-refractivity contribution in [1.29, 1.82) is 5.41 Å². The quantitative estimate of drug-likeness (QED) is 0.538. The van der Waals surface area contributed by atoms with Crippen LogP contribution in [-0.2, 0) is 6.54 Å². The summed E-state index contributed by atoms with van der Waals surface area (Å²) in [5.41, 5.74) is 7.32. The molecule has 5 nitrogen and oxygen atoms in total. The lowest BCUT2D eigenvalue weighted by Crippen LogP contribution is -2.36. The van der Waals surface area contributed by atoms with Gasteiger partial charge in [-0.15, -0.1) is 0 Å². The molecule has 0 aliphatic heterocycles. The van der Waals surface area contributed by atoms with Crippen LogP contribution in [0.2, 0.25) is 0 Å².